The molecule has 0 fully saturated rings. The van der Waals surface area contributed by atoms with Crippen LogP contribution in [0.4, 0.5) is 4.39 Å². The molecule has 18 heavy (non-hydrogen) atoms. The molecule has 94 valence electrons. The number of aromatic nitrogens is 2. The van der Waals surface area contributed by atoms with Gasteiger partial charge in [-0.3, -0.25) is 0 Å². The van der Waals surface area contributed by atoms with Gasteiger partial charge >= 0.3 is 0 Å². The zero-order chi connectivity index (χ0) is 13.1. The van der Waals surface area contributed by atoms with Crippen molar-refractivity contribution in [2.45, 2.75) is 18.8 Å². The Bertz CT molecular complexity index is 587. The summed E-state index contributed by atoms with van der Waals surface area (Å²) >= 11 is 3.19. The predicted molar refractivity (Wildman–Crippen MR) is 67.0 cm³/mol. The molecule has 0 spiro atoms. The van der Waals surface area contributed by atoms with E-state index in [-0.39, 0.29) is 24.4 Å². The minimum absolute atomic E-state index is 0.190. The molecule has 0 saturated heterocycles. The molecule has 2 heterocycles. The zero-order valence-electron chi connectivity index (χ0n) is 9.35. The Kier molecular flexibility index (Phi) is 3.86. The number of hydrogen-bond acceptors (Lipinski definition) is 3. The van der Waals surface area contributed by atoms with Gasteiger partial charge in [-0.15, -0.1) is 0 Å². The number of rotatable bonds is 5. The van der Waals surface area contributed by atoms with Gasteiger partial charge in [0, 0.05) is 35.6 Å². The van der Waals surface area contributed by atoms with Gasteiger partial charge in [-0.1, -0.05) is 0 Å². The first-order valence-electron chi connectivity index (χ1n) is 5.36. The van der Waals surface area contributed by atoms with Gasteiger partial charge in [0.1, 0.15) is 12.6 Å². The van der Waals surface area contributed by atoms with Gasteiger partial charge in [-0.2, -0.15) is 0 Å². The maximum Gasteiger partial charge on any atom is 0.173 e. The highest BCUT2D eigenvalue weighted by Crippen LogP contribution is 2.23. The first kappa shape index (κ1) is 12.9. The van der Waals surface area contributed by atoms with E-state index in [1.54, 1.807) is 12.4 Å². The Hall–Kier alpha value is -1.56. The molecule has 0 aliphatic rings. The van der Waals surface area contributed by atoms with Crippen molar-refractivity contribution in [3.05, 3.63) is 34.4 Å². The predicted octanol–water partition coefficient (Wildman–Crippen LogP) is 2.50. The number of carbonyl (C=O) groups excluding carboxylic acids is 2. The number of aldehydes is 2. The minimum Gasteiger partial charge on any atom is -0.303 e. The van der Waals surface area contributed by atoms with Crippen LogP contribution in [0.25, 0.3) is 5.65 Å². The summed E-state index contributed by atoms with van der Waals surface area (Å²) in [4.78, 5) is 25.3. The van der Waals surface area contributed by atoms with Gasteiger partial charge in [0.15, 0.2) is 11.5 Å². The lowest BCUT2D eigenvalue weighted by atomic mass is 10.00. The second-order valence-electron chi connectivity index (χ2n) is 3.90. The highest BCUT2D eigenvalue weighted by atomic mass is 79.9. The maximum absolute atomic E-state index is 13.6. The molecule has 0 saturated carbocycles. The second kappa shape index (κ2) is 5.39. The van der Waals surface area contributed by atoms with Crippen LogP contribution < -0.4 is 0 Å². The average molecular weight is 313 g/mol. The Balaban J connectivity index is 2.47. The van der Waals surface area contributed by atoms with Crippen molar-refractivity contribution in [3.63, 3.8) is 0 Å². The molecule has 0 aromatic carbocycles. The average Bonchev–Trinajstić information content (AvgIpc) is 2.72. The Labute approximate surface area is 111 Å². The van der Waals surface area contributed by atoms with Crippen LogP contribution in [0.5, 0.6) is 0 Å². The number of hydrogen-bond donors (Lipinski definition) is 0. The third-order valence-electron chi connectivity index (χ3n) is 2.67. The number of halogens is 2. The minimum atomic E-state index is -0.452. The lowest BCUT2D eigenvalue weighted by Gasteiger charge is -2.05. The topological polar surface area (TPSA) is 51.4 Å². The Morgan fingerprint density at radius 1 is 1.33 bits per heavy atom. The van der Waals surface area contributed by atoms with Crippen molar-refractivity contribution in [1.82, 2.24) is 9.38 Å². The van der Waals surface area contributed by atoms with Crippen molar-refractivity contribution in [3.8, 4) is 0 Å². The molecule has 0 radical (unpaired) electrons. The summed E-state index contributed by atoms with van der Waals surface area (Å²) < 4.78 is 15.8. The maximum atomic E-state index is 13.6. The fourth-order valence-electron chi connectivity index (χ4n) is 1.81. The van der Waals surface area contributed by atoms with E-state index in [2.05, 4.69) is 20.9 Å². The van der Waals surface area contributed by atoms with Gasteiger partial charge in [0.05, 0.1) is 5.69 Å². The van der Waals surface area contributed by atoms with Gasteiger partial charge < -0.3 is 14.0 Å². The summed E-state index contributed by atoms with van der Waals surface area (Å²) in [6.07, 6.45) is 5.19. The summed E-state index contributed by atoms with van der Waals surface area (Å²) in [6, 6.07) is 1.32. The van der Waals surface area contributed by atoms with Crippen molar-refractivity contribution in [2.75, 3.05) is 0 Å². The number of nitrogens with zero attached hydrogens (tertiary/aromatic N) is 2. The molecule has 4 nitrogen and oxygen atoms in total. The van der Waals surface area contributed by atoms with Gasteiger partial charge in [-0.05, 0) is 22.0 Å². The van der Waals surface area contributed by atoms with Crippen molar-refractivity contribution >= 4 is 34.1 Å². The Morgan fingerprint density at radius 2 is 2.00 bits per heavy atom. The quantitative estimate of drug-likeness (QED) is 0.797. The van der Waals surface area contributed by atoms with E-state index in [9.17, 15) is 14.0 Å². The summed E-state index contributed by atoms with van der Waals surface area (Å²) in [6.45, 7) is 0. The SMILES string of the molecule is O=CCC(CC=O)c1cn2cc(Br)cc(F)c2n1. The van der Waals surface area contributed by atoms with E-state index in [0.717, 1.165) is 12.6 Å². The smallest absolute Gasteiger partial charge is 0.173 e. The lowest BCUT2D eigenvalue weighted by molar-refractivity contribution is -0.109. The van der Waals surface area contributed by atoms with Crippen molar-refractivity contribution in [1.29, 1.82) is 0 Å². The summed E-state index contributed by atoms with van der Waals surface area (Å²) in [5.41, 5.74) is 0.737. The fourth-order valence-corrected chi connectivity index (χ4v) is 2.23. The molecule has 0 amide bonds. The van der Waals surface area contributed by atoms with Crippen LogP contribution in [-0.4, -0.2) is 22.0 Å². The summed E-state index contributed by atoms with van der Waals surface area (Å²) in [5, 5.41) is 0. The van der Waals surface area contributed by atoms with Crippen LogP contribution in [-0.2, 0) is 9.59 Å². The van der Waals surface area contributed by atoms with Crippen molar-refractivity contribution < 1.29 is 14.0 Å². The molecule has 6 heteroatoms. The normalized spacial score (nSPS) is 11.1. The summed E-state index contributed by atoms with van der Waals surface area (Å²) in [7, 11) is 0. The van der Waals surface area contributed by atoms with Gasteiger partial charge in [0.25, 0.3) is 0 Å². The van der Waals surface area contributed by atoms with Crippen LogP contribution in [0.15, 0.2) is 22.9 Å². The fraction of sp³-hybridized carbons (Fsp3) is 0.250. The first-order chi connectivity index (χ1) is 8.65. The van der Waals surface area contributed by atoms with Crippen LogP contribution >= 0.6 is 15.9 Å². The largest absolute Gasteiger partial charge is 0.303 e. The second-order valence-corrected chi connectivity index (χ2v) is 4.82. The molecular formula is C12H10BrFN2O2. The molecule has 2 aromatic heterocycles. The molecule has 0 N–H and O–H groups in total. The number of fused-ring (bicyclic) bond motifs is 1. The molecule has 0 aliphatic heterocycles. The number of pyridine rings is 1. The summed E-state index contributed by atoms with van der Waals surface area (Å²) in [5.74, 6) is -0.746. The molecule has 2 aromatic rings. The molecule has 0 bridgehead atoms. The van der Waals surface area contributed by atoms with Crippen LogP contribution in [0, 0.1) is 5.82 Å². The van der Waals surface area contributed by atoms with E-state index < -0.39 is 5.82 Å². The van der Waals surface area contributed by atoms with Crippen LogP contribution in [0.3, 0.4) is 0 Å². The lowest BCUT2D eigenvalue weighted by Crippen LogP contribution is -2.01. The molecule has 2 rings (SSSR count). The van der Waals surface area contributed by atoms with Crippen LogP contribution in [0.1, 0.15) is 24.5 Å². The molecule has 0 unspecified atom stereocenters. The van der Waals surface area contributed by atoms with E-state index >= 15 is 0 Å². The van der Waals surface area contributed by atoms with Gasteiger partial charge in [-0.25, -0.2) is 9.37 Å². The molecular weight excluding hydrogens is 303 g/mol. The third kappa shape index (κ3) is 2.48. The van der Waals surface area contributed by atoms with E-state index in [1.165, 1.54) is 10.5 Å². The molecule has 0 aliphatic carbocycles. The van der Waals surface area contributed by atoms with Gasteiger partial charge in [0.2, 0.25) is 0 Å². The van der Waals surface area contributed by atoms with E-state index in [0.29, 0.717) is 10.2 Å². The monoisotopic (exact) mass is 312 g/mol. The third-order valence-corrected chi connectivity index (χ3v) is 3.11. The van der Waals surface area contributed by atoms with Crippen LogP contribution in [0.2, 0.25) is 0 Å². The highest BCUT2D eigenvalue weighted by molar-refractivity contribution is 9.10. The molecule has 0 atom stereocenters. The van der Waals surface area contributed by atoms with E-state index in [1.807, 2.05) is 0 Å². The standard InChI is InChI=1S/C12H10BrFN2O2/c13-9-5-10(14)12-15-11(7-16(12)6-9)8(1-3-17)2-4-18/h3-8H,1-2H2. The zero-order valence-corrected chi connectivity index (χ0v) is 10.9. The van der Waals surface area contributed by atoms with E-state index in [4.69, 9.17) is 0 Å². The first-order valence-corrected chi connectivity index (χ1v) is 6.16. The van der Waals surface area contributed by atoms with Crippen molar-refractivity contribution in [2.24, 2.45) is 0 Å². The highest BCUT2D eigenvalue weighted by Gasteiger charge is 2.16. The number of imidazole rings is 1. The number of carbonyl (C=O) groups is 2. The Morgan fingerprint density at radius 3 is 2.61 bits per heavy atom.